The molecule has 1 fully saturated rings. The number of nitro benzene ring substituents is 1. The van der Waals surface area contributed by atoms with E-state index < -0.39 is 28.5 Å². The third-order valence-corrected chi connectivity index (χ3v) is 5.79. The van der Waals surface area contributed by atoms with E-state index in [1.165, 1.54) is 18.2 Å². The monoisotopic (exact) mass is 493 g/mol. The second-order valence-corrected chi connectivity index (χ2v) is 8.27. The van der Waals surface area contributed by atoms with Crippen LogP contribution in [0.5, 0.6) is 5.75 Å². The van der Waals surface area contributed by atoms with Gasteiger partial charge in [-0.15, -0.1) is 0 Å². The predicted molar refractivity (Wildman–Crippen MR) is 130 cm³/mol. The van der Waals surface area contributed by atoms with Gasteiger partial charge >= 0.3 is 0 Å². The van der Waals surface area contributed by atoms with Gasteiger partial charge in [0.25, 0.3) is 16.8 Å². The number of nitrogens with zero attached hydrogens (tertiary/aromatic N) is 2. The highest BCUT2D eigenvalue weighted by Gasteiger charge is 2.36. The van der Waals surface area contributed by atoms with Gasteiger partial charge < -0.3 is 14.5 Å². The molecule has 11 heteroatoms. The van der Waals surface area contributed by atoms with Gasteiger partial charge in [0, 0.05) is 29.5 Å². The Balaban J connectivity index is 1.40. The molecule has 1 saturated heterocycles. The van der Waals surface area contributed by atoms with Crippen LogP contribution in [0.25, 0.3) is 17.4 Å². The zero-order chi connectivity index (χ0) is 24.9. The van der Waals surface area contributed by atoms with E-state index in [-0.39, 0.29) is 10.6 Å². The average molecular weight is 493 g/mol. The molecule has 0 unspecified atom stereocenters. The molecular formula is C24H19N3O7S. The molecule has 0 radical (unpaired) electrons. The quantitative estimate of drug-likeness (QED) is 0.265. The molecule has 1 aliphatic rings. The molecule has 0 atom stereocenters. The van der Waals surface area contributed by atoms with Crippen LogP contribution in [0.3, 0.4) is 0 Å². The summed E-state index contributed by atoms with van der Waals surface area (Å²) in [6, 6.07) is 15.8. The Morgan fingerprint density at radius 1 is 1.11 bits per heavy atom. The maximum atomic E-state index is 12.7. The van der Waals surface area contributed by atoms with E-state index in [1.807, 2.05) is 6.92 Å². The summed E-state index contributed by atoms with van der Waals surface area (Å²) in [6.07, 6.45) is 1.42. The van der Waals surface area contributed by atoms with E-state index in [0.717, 1.165) is 4.90 Å². The topological polar surface area (TPSA) is 132 Å². The van der Waals surface area contributed by atoms with Crippen molar-refractivity contribution in [3.05, 3.63) is 81.4 Å². The van der Waals surface area contributed by atoms with Gasteiger partial charge in [0.1, 0.15) is 23.8 Å². The fraction of sp³-hybridized carbons (Fsp3) is 0.125. The van der Waals surface area contributed by atoms with Gasteiger partial charge in [0.2, 0.25) is 5.91 Å². The number of non-ortho nitro benzene ring substituents is 1. The van der Waals surface area contributed by atoms with Gasteiger partial charge in [-0.1, -0.05) is 0 Å². The number of imide groups is 1. The Morgan fingerprint density at radius 3 is 2.49 bits per heavy atom. The molecule has 2 heterocycles. The number of rotatable bonds is 8. The Hall–Kier alpha value is -4.38. The molecule has 1 N–H and O–H groups in total. The maximum Gasteiger partial charge on any atom is 0.294 e. The van der Waals surface area contributed by atoms with Crippen LogP contribution in [0.15, 0.2) is 70.0 Å². The summed E-state index contributed by atoms with van der Waals surface area (Å²) in [5, 5.41) is 12.9. The van der Waals surface area contributed by atoms with E-state index in [1.54, 1.807) is 48.5 Å². The standard InChI is InChI=1S/C24H19N3O7S/c1-2-33-18-9-5-16(6-10-18)25-22(28)14-26-23(29)21(35-24(26)30)13-19-11-12-20(34-19)15-3-7-17(8-4-15)27(31)32/h3-13H,2,14H2,1H3,(H,25,28)/b21-13-. The molecule has 3 aromatic rings. The van der Waals surface area contributed by atoms with Crippen molar-refractivity contribution < 1.29 is 28.5 Å². The smallest absolute Gasteiger partial charge is 0.294 e. The van der Waals surface area contributed by atoms with Gasteiger partial charge in [0.15, 0.2) is 0 Å². The Labute approximate surface area is 203 Å². The molecule has 2 aromatic carbocycles. The van der Waals surface area contributed by atoms with Crippen LogP contribution in [0, 0.1) is 10.1 Å². The van der Waals surface area contributed by atoms with Crippen molar-refractivity contribution in [2.45, 2.75) is 6.92 Å². The zero-order valence-electron chi connectivity index (χ0n) is 18.4. The fourth-order valence-corrected chi connectivity index (χ4v) is 4.06. The molecule has 3 amide bonds. The van der Waals surface area contributed by atoms with Gasteiger partial charge in [-0.2, -0.15) is 0 Å². The van der Waals surface area contributed by atoms with Crippen molar-refractivity contribution in [2.75, 3.05) is 18.5 Å². The number of anilines is 1. The second kappa shape index (κ2) is 10.3. The number of hydrogen-bond acceptors (Lipinski definition) is 8. The van der Waals surface area contributed by atoms with Crippen molar-refractivity contribution in [3.63, 3.8) is 0 Å². The minimum Gasteiger partial charge on any atom is -0.494 e. The summed E-state index contributed by atoms with van der Waals surface area (Å²) in [6.45, 7) is 1.96. The summed E-state index contributed by atoms with van der Waals surface area (Å²) in [5.41, 5.74) is 1.09. The van der Waals surface area contributed by atoms with E-state index in [0.29, 0.717) is 46.9 Å². The van der Waals surface area contributed by atoms with E-state index in [4.69, 9.17) is 9.15 Å². The van der Waals surface area contributed by atoms with Crippen LogP contribution in [-0.4, -0.2) is 40.0 Å². The largest absolute Gasteiger partial charge is 0.494 e. The van der Waals surface area contributed by atoms with Gasteiger partial charge in [-0.3, -0.25) is 29.4 Å². The highest BCUT2D eigenvalue weighted by atomic mass is 32.2. The highest BCUT2D eigenvalue weighted by Crippen LogP contribution is 2.33. The molecular weight excluding hydrogens is 474 g/mol. The Kier molecular flexibility index (Phi) is 6.97. The molecule has 35 heavy (non-hydrogen) atoms. The fourth-order valence-electron chi connectivity index (χ4n) is 3.24. The number of ether oxygens (including phenoxy) is 1. The Bertz CT molecular complexity index is 1310. The number of nitro groups is 1. The molecule has 0 bridgehead atoms. The Morgan fingerprint density at radius 2 is 1.83 bits per heavy atom. The molecule has 10 nitrogen and oxygen atoms in total. The number of benzene rings is 2. The number of thioether (sulfide) groups is 1. The van der Waals surface area contributed by atoms with Crippen LogP contribution in [-0.2, 0) is 9.59 Å². The molecule has 178 valence electrons. The SMILES string of the molecule is CCOc1ccc(NC(=O)CN2C(=O)S/C(=C\c3ccc(-c4ccc([N+](=O)[O-])cc4)o3)C2=O)cc1. The van der Waals surface area contributed by atoms with Crippen molar-refractivity contribution in [3.8, 4) is 17.1 Å². The third-order valence-electron chi connectivity index (χ3n) is 4.89. The second-order valence-electron chi connectivity index (χ2n) is 7.28. The first-order valence-corrected chi connectivity index (χ1v) is 11.3. The molecule has 0 spiro atoms. The van der Waals surface area contributed by atoms with Crippen molar-refractivity contribution >= 4 is 46.3 Å². The van der Waals surface area contributed by atoms with Crippen LogP contribution < -0.4 is 10.1 Å². The summed E-state index contributed by atoms with van der Waals surface area (Å²) in [5.74, 6) is 0.310. The summed E-state index contributed by atoms with van der Waals surface area (Å²) in [4.78, 5) is 48.7. The lowest BCUT2D eigenvalue weighted by Crippen LogP contribution is -2.36. The van der Waals surface area contributed by atoms with Gasteiger partial charge in [-0.05, 0) is 67.2 Å². The van der Waals surface area contributed by atoms with E-state index in [2.05, 4.69) is 5.32 Å². The summed E-state index contributed by atoms with van der Waals surface area (Å²) < 4.78 is 11.1. The highest BCUT2D eigenvalue weighted by molar-refractivity contribution is 8.18. The van der Waals surface area contributed by atoms with Crippen LogP contribution in [0.2, 0.25) is 0 Å². The lowest BCUT2D eigenvalue weighted by Gasteiger charge is -2.12. The van der Waals surface area contributed by atoms with Gasteiger partial charge in [-0.25, -0.2) is 0 Å². The first kappa shape index (κ1) is 23.8. The molecule has 1 aliphatic heterocycles. The number of carbonyl (C=O) groups is 3. The molecule has 4 rings (SSSR count). The van der Waals surface area contributed by atoms with Crippen molar-refractivity contribution in [1.82, 2.24) is 4.90 Å². The van der Waals surface area contributed by atoms with Crippen LogP contribution in [0.1, 0.15) is 12.7 Å². The predicted octanol–water partition coefficient (Wildman–Crippen LogP) is 4.93. The first-order chi connectivity index (χ1) is 16.8. The third kappa shape index (κ3) is 5.58. The summed E-state index contributed by atoms with van der Waals surface area (Å²) in [7, 11) is 0. The number of hydrogen-bond donors (Lipinski definition) is 1. The first-order valence-electron chi connectivity index (χ1n) is 10.5. The van der Waals surface area contributed by atoms with Crippen LogP contribution in [0.4, 0.5) is 16.2 Å². The summed E-state index contributed by atoms with van der Waals surface area (Å²) >= 11 is 0.710. The number of furan rings is 1. The minimum atomic E-state index is -0.602. The number of amides is 3. The lowest BCUT2D eigenvalue weighted by atomic mass is 10.1. The molecule has 1 aromatic heterocycles. The van der Waals surface area contributed by atoms with Gasteiger partial charge in [0.05, 0.1) is 16.4 Å². The normalized spacial score (nSPS) is 14.4. The van der Waals surface area contributed by atoms with E-state index in [9.17, 15) is 24.5 Å². The lowest BCUT2D eigenvalue weighted by molar-refractivity contribution is -0.384. The molecule has 0 saturated carbocycles. The number of carbonyl (C=O) groups excluding carboxylic acids is 3. The average Bonchev–Trinajstić information content (AvgIpc) is 3.41. The minimum absolute atomic E-state index is 0.0410. The molecule has 0 aliphatic carbocycles. The van der Waals surface area contributed by atoms with Crippen molar-refractivity contribution in [1.29, 1.82) is 0 Å². The zero-order valence-corrected chi connectivity index (χ0v) is 19.2. The number of nitrogens with one attached hydrogen (secondary N) is 1. The van der Waals surface area contributed by atoms with Crippen molar-refractivity contribution in [2.24, 2.45) is 0 Å². The van der Waals surface area contributed by atoms with Crippen LogP contribution >= 0.6 is 11.8 Å². The van der Waals surface area contributed by atoms with E-state index >= 15 is 0 Å². The maximum absolute atomic E-state index is 12.7.